The molecule has 0 aromatic heterocycles. The fraction of sp³-hybridized carbons (Fsp3) is 0.0833. The van der Waals surface area contributed by atoms with Crippen molar-refractivity contribution in [1.29, 1.82) is 0 Å². The third-order valence-corrected chi connectivity index (χ3v) is 6.39. The predicted molar refractivity (Wildman–Crippen MR) is 123 cm³/mol. The van der Waals surface area contributed by atoms with Gasteiger partial charge in [-0.1, -0.05) is 53.7 Å². The van der Waals surface area contributed by atoms with Crippen LogP contribution < -0.4 is 10.2 Å². The first-order chi connectivity index (χ1) is 14.9. The van der Waals surface area contributed by atoms with Gasteiger partial charge in [0.1, 0.15) is 16.4 Å². The molecule has 0 fully saturated rings. The molecule has 0 bridgehead atoms. The number of rotatable bonds is 5. The van der Waals surface area contributed by atoms with Crippen LogP contribution in [0.1, 0.15) is 11.1 Å². The summed E-state index contributed by atoms with van der Waals surface area (Å²) in [6.07, 6.45) is 0. The Morgan fingerprint density at radius 1 is 0.935 bits per heavy atom. The molecule has 0 atom stereocenters. The van der Waals surface area contributed by atoms with Gasteiger partial charge in [-0.05, 0) is 61.4 Å². The predicted octanol–water partition coefficient (Wildman–Crippen LogP) is 6.09. The quantitative estimate of drug-likeness (QED) is 0.476. The first kappa shape index (κ1) is 21.2. The Morgan fingerprint density at radius 3 is 2.39 bits per heavy atom. The lowest BCUT2D eigenvalue weighted by Crippen LogP contribution is -2.33. The minimum absolute atomic E-state index is 0.0778. The summed E-state index contributed by atoms with van der Waals surface area (Å²) in [7, 11) is 0. The molecule has 0 spiro atoms. The standard InChI is InChI=1S/C24H18ClFN2O2S/c1-14-7-6-10-20(15(14)2)28-23(29)21(27-16-11-12-19(26)18(25)13-16)22(24(28)30)31-17-8-4-3-5-9-17/h3-13,27H,1-2H3. The summed E-state index contributed by atoms with van der Waals surface area (Å²) < 4.78 is 13.6. The van der Waals surface area contributed by atoms with E-state index in [2.05, 4.69) is 5.32 Å². The van der Waals surface area contributed by atoms with Crippen molar-refractivity contribution in [3.8, 4) is 0 Å². The van der Waals surface area contributed by atoms with Crippen molar-refractivity contribution in [3.05, 3.63) is 99.3 Å². The summed E-state index contributed by atoms with van der Waals surface area (Å²) in [4.78, 5) is 29.1. The largest absolute Gasteiger partial charge is 0.350 e. The maximum absolute atomic E-state index is 13.6. The van der Waals surface area contributed by atoms with Crippen LogP contribution in [0.5, 0.6) is 0 Å². The molecule has 4 rings (SSSR count). The van der Waals surface area contributed by atoms with Crippen LogP contribution in [0.15, 0.2) is 82.2 Å². The van der Waals surface area contributed by atoms with E-state index in [1.807, 2.05) is 56.3 Å². The van der Waals surface area contributed by atoms with Gasteiger partial charge in [-0.15, -0.1) is 0 Å². The Labute approximate surface area is 188 Å². The van der Waals surface area contributed by atoms with Gasteiger partial charge in [-0.2, -0.15) is 0 Å². The lowest BCUT2D eigenvalue weighted by atomic mass is 10.1. The van der Waals surface area contributed by atoms with Crippen LogP contribution in [0, 0.1) is 19.7 Å². The number of hydrogen-bond donors (Lipinski definition) is 1. The molecule has 0 saturated heterocycles. The molecule has 4 nitrogen and oxygen atoms in total. The fourth-order valence-corrected chi connectivity index (χ4v) is 4.36. The number of thioether (sulfide) groups is 1. The molecule has 0 saturated carbocycles. The number of carbonyl (C=O) groups excluding carboxylic acids is 2. The zero-order valence-electron chi connectivity index (χ0n) is 16.8. The second kappa shape index (κ2) is 8.57. The number of anilines is 2. The maximum Gasteiger partial charge on any atom is 0.283 e. The molecular weight excluding hydrogens is 435 g/mol. The molecule has 31 heavy (non-hydrogen) atoms. The third kappa shape index (κ3) is 4.09. The first-order valence-electron chi connectivity index (χ1n) is 9.51. The highest BCUT2D eigenvalue weighted by Crippen LogP contribution is 2.39. The minimum Gasteiger partial charge on any atom is -0.350 e. The highest BCUT2D eigenvalue weighted by Gasteiger charge is 2.41. The first-order valence-corrected chi connectivity index (χ1v) is 10.7. The number of amides is 2. The Balaban J connectivity index is 1.78. The van der Waals surface area contributed by atoms with Gasteiger partial charge < -0.3 is 5.32 Å². The average Bonchev–Trinajstić information content (AvgIpc) is 2.97. The summed E-state index contributed by atoms with van der Waals surface area (Å²) in [6.45, 7) is 3.80. The van der Waals surface area contributed by atoms with Crippen molar-refractivity contribution in [2.24, 2.45) is 0 Å². The van der Waals surface area contributed by atoms with Crippen molar-refractivity contribution < 1.29 is 14.0 Å². The normalized spacial score (nSPS) is 13.9. The number of nitrogens with one attached hydrogen (secondary N) is 1. The molecule has 3 aromatic carbocycles. The second-order valence-corrected chi connectivity index (χ2v) is 8.53. The van der Waals surface area contributed by atoms with Crippen molar-refractivity contribution in [3.63, 3.8) is 0 Å². The molecule has 0 unspecified atom stereocenters. The van der Waals surface area contributed by atoms with E-state index in [-0.39, 0.29) is 15.6 Å². The molecule has 1 N–H and O–H groups in total. The number of imide groups is 1. The third-order valence-electron chi connectivity index (χ3n) is 5.01. The van der Waals surface area contributed by atoms with E-state index < -0.39 is 17.6 Å². The molecule has 7 heteroatoms. The summed E-state index contributed by atoms with van der Waals surface area (Å²) in [5.41, 5.74) is 2.90. The molecule has 2 amide bonds. The van der Waals surface area contributed by atoms with Crippen LogP contribution in [0.4, 0.5) is 15.8 Å². The van der Waals surface area contributed by atoms with Crippen LogP contribution in [-0.2, 0) is 9.59 Å². The zero-order valence-corrected chi connectivity index (χ0v) is 18.4. The molecule has 1 aliphatic rings. The Morgan fingerprint density at radius 2 is 1.68 bits per heavy atom. The number of carbonyl (C=O) groups is 2. The highest BCUT2D eigenvalue weighted by molar-refractivity contribution is 8.04. The number of benzene rings is 3. The van der Waals surface area contributed by atoms with Gasteiger partial charge in [0.25, 0.3) is 11.8 Å². The molecule has 0 aliphatic carbocycles. The lowest BCUT2D eigenvalue weighted by molar-refractivity contribution is -0.120. The fourth-order valence-electron chi connectivity index (χ4n) is 3.24. The SMILES string of the molecule is Cc1cccc(N2C(=O)C(Nc3ccc(F)c(Cl)c3)=C(Sc3ccccc3)C2=O)c1C. The molecule has 1 aliphatic heterocycles. The van der Waals surface area contributed by atoms with E-state index >= 15 is 0 Å². The van der Waals surface area contributed by atoms with Gasteiger partial charge in [-0.3, -0.25) is 9.59 Å². The molecule has 156 valence electrons. The summed E-state index contributed by atoms with van der Waals surface area (Å²) in [6, 6.07) is 18.9. The zero-order chi connectivity index (χ0) is 22.1. The van der Waals surface area contributed by atoms with Gasteiger partial charge in [-0.25, -0.2) is 9.29 Å². The average molecular weight is 453 g/mol. The van der Waals surface area contributed by atoms with E-state index in [4.69, 9.17) is 11.6 Å². The molecule has 0 radical (unpaired) electrons. The molecule has 3 aromatic rings. The number of nitrogens with zero attached hydrogens (tertiary/aromatic N) is 1. The van der Waals surface area contributed by atoms with E-state index in [1.165, 1.54) is 34.9 Å². The van der Waals surface area contributed by atoms with Gasteiger partial charge >= 0.3 is 0 Å². The lowest BCUT2D eigenvalue weighted by Gasteiger charge is -2.19. The van der Waals surface area contributed by atoms with E-state index in [0.717, 1.165) is 16.0 Å². The van der Waals surface area contributed by atoms with Crippen molar-refractivity contribution in [2.75, 3.05) is 10.2 Å². The maximum atomic E-state index is 13.6. The van der Waals surface area contributed by atoms with E-state index in [0.29, 0.717) is 11.4 Å². The van der Waals surface area contributed by atoms with E-state index in [9.17, 15) is 14.0 Å². The number of aryl methyl sites for hydroxylation is 1. The summed E-state index contributed by atoms with van der Waals surface area (Å²) in [5.74, 6) is -1.45. The number of halogens is 2. The monoisotopic (exact) mass is 452 g/mol. The minimum atomic E-state index is -0.564. The van der Waals surface area contributed by atoms with Gasteiger partial charge in [0, 0.05) is 10.6 Å². The Bertz CT molecular complexity index is 1230. The summed E-state index contributed by atoms with van der Waals surface area (Å²) >= 11 is 7.10. The van der Waals surface area contributed by atoms with Crippen LogP contribution in [0.3, 0.4) is 0 Å². The second-order valence-electron chi connectivity index (χ2n) is 7.04. The summed E-state index contributed by atoms with van der Waals surface area (Å²) in [5, 5.41) is 2.91. The molecular formula is C24H18ClFN2O2S. The van der Waals surface area contributed by atoms with Crippen molar-refractivity contribution in [2.45, 2.75) is 18.7 Å². The molecule has 1 heterocycles. The van der Waals surface area contributed by atoms with Crippen LogP contribution in [-0.4, -0.2) is 11.8 Å². The van der Waals surface area contributed by atoms with E-state index in [1.54, 1.807) is 6.07 Å². The smallest absolute Gasteiger partial charge is 0.283 e. The van der Waals surface area contributed by atoms with Crippen molar-refractivity contribution >= 4 is 46.6 Å². The topological polar surface area (TPSA) is 49.4 Å². The highest BCUT2D eigenvalue weighted by atomic mass is 35.5. The Kier molecular flexibility index (Phi) is 5.85. The van der Waals surface area contributed by atoms with Crippen LogP contribution in [0.2, 0.25) is 5.02 Å². The van der Waals surface area contributed by atoms with Gasteiger partial charge in [0.2, 0.25) is 0 Å². The van der Waals surface area contributed by atoms with Crippen molar-refractivity contribution in [1.82, 2.24) is 0 Å². The van der Waals surface area contributed by atoms with Crippen LogP contribution in [0.25, 0.3) is 0 Å². The Hall–Kier alpha value is -3.09. The van der Waals surface area contributed by atoms with Crippen LogP contribution >= 0.6 is 23.4 Å². The van der Waals surface area contributed by atoms with Gasteiger partial charge in [0.15, 0.2) is 0 Å². The number of hydrogen-bond acceptors (Lipinski definition) is 4. The van der Waals surface area contributed by atoms with Gasteiger partial charge in [0.05, 0.1) is 10.7 Å².